The SMILES string of the molecule is c1cnc2[nH]c(-c3n[nH]c4ncccc34)nc2c1. The second-order valence-electron chi connectivity index (χ2n) is 3.93. The van der Waals surface area contributed by atoms with Crippen LogP contribution in [0.5, 0.6) is 0 Å². The Morgan fingerprint density at radius 2 is 1.78 bits per heavy atom. The molecule has 0 saturated heterocycles. The first-order valence-electron chi connectivity index (χ1n) is 5.52. The Kier molecular flexibility index (Phi) is 1.74. The molecule has 0 aliphatic heterocycles. The average molecular weight is 236 g/mol. The number of aromatic amines is 2. The Hall–Kier alpha value is -2.76. The lowest BCUT2D eigenvalue weighted by Crippen LogP contribution is -1.81. The van der Waals surface area contributed by atoms with Gasteiger partial charge in [0, 0.05) is 17.8 Å². The zero-order chi connectivity index (χ0) is 11.9. The highest BCUT2D eigenvalue weighted by Crippen LogP contribution is 2.23. The lowest BCUT2D eigenvalue weighted by Gasteiger charge is -1.90. The summed E-state index contributed by atoms with van der Waals surface area (Å²) in [5.74, 6) is 0.697. The summed E-state index contributed by atoms with van der Waals surface area (Å²) in [7, 11) is 0. The van der Waals surface area contributed by atoms with Crippen LogP contribution in [0.2, 0.25) is 0 Å². The van der Waals surface area contributed by atoms with Crippen LogP contribution in [0.15, 0.2) is 36.7 Å². The maximum Gasteiger partial charge on any atom is 0.161 e. The lowest BCUT2D eigenvalue weighted by molar-refractivity contribution is 1.09. The van der Waals surface area contributed by atoms with Crippen LogP contribution in [0.3, 0.4) is 0 Å². The van der Waals surface area contributed by atoms with E-state index < -0.39 is 0 Å². The van der Waals surface area contributed by atoms with Gasteiger partial charge < -0.3 is 4.98 Å². The third-order valence-corrected chi connectivity index (χ3v) is 2.82. The van der Waals surface area contributed by atoms with E-state index >= 15 is 0 Å². The minimum Gasteiger partial charge on any atom is -0.321 e. The first-order valence-corrected chi connectivity index (χ1v) is 5.52. The Morgan fingerprint density at radius 1 is 0.944 bits per heavy atom. The van der Waals surface area contributed by atoms with Gasteiger partial charge in [0.25, 0.3) is 0 Å². The minimum atomic E-state index is 0.697. The Balaban J connectivity index is 2.01. The molecule has 2 N–H and O–H groups in total. The van der Waals surface area contributed by atoms with Crippen LogP contribution < -0.4 is 0 Å². The van der Waals surface area contributed by atoms with Gasteiger partial charge in [0.1, 0.15) is 11.2 Å². The van der Waals surface area contributed by atoms with Crippen LogP contribution in [0.25, 0.3) is 33.7 Å². The number of rotatable bonds is 1. The Morgan fingerprint density at radius 3 is 2.67 bits per heavy atom. The standard InChI is InChI=1S/C12H8N6/c1-3-7-9(17-18-10(7)13-5-1)12-15-8-4-2-6-14-11(8)16-12/h1-6H,(H,13,17,18)(H,14,15,16). The normalized spacial score (nSPS) is 11.3. The van der Waals surface area contributed by atoms with Crippen molar-refractivity contribution in [3.63, 3.8) is 0 Å². The molecule has 6 nitrogen and oxygen atoms in total. The molecule has 0 amide bonds. The van der Waals surface area contributed by atoms with Gasteiger partial charge in [0.05, 0.1) is 0 Å². The van der Waals surface area contributed by atoms with Crippen LogP contribution in [0.4, 0.5) is 0 Å². The Labute approximate surface area is 101 Å². The van der Waals surface area contributed by atoms with E-state index in [9.17, 15) is 0 Å². The van der Waals surface area contributed by atoms with Gasteiger partial charge in [-0.1, -0.05) is 0 Å². The van der Waals surface area contributed by atoms with E-state index in [2.05, 4.69) is 30.1 Å². The molecule has 0 radical (unpaired) electrons. The van der Waals surface area contributed by atoms with E-state index in [1.165, 1.54) is 0 Å². The van der Waals surface area contributed by atoms with E-state index in [-0.39, 0.29) is 0 Å². The fraction of sp³-hybridized carbons (Fsp3) is 0. The molecule has 0 unspecified atom stereocenters. The molecule has 4 aromatic heterocycles. The van der Waals surface area contributed by atoms with E-state index in [1.54, 1.807) is 12.4 Å². The fourth-order valence-electron chi connectivity index (χ4n) is 1.99. The predicted octanol–water partition coefficient (Wildman–Crippen LogP) is 1.90. The van der Waals surface area contributed by atoms with Gasteiger partial charge in [-0.05, 0) is 24.3 Å². The molecule has 0 fully saturated rings. The number of aromatic nitrogens is 6. The first kappa shape index (κ1) is 9.29. The van der Waals surface area contributed by atoms with Crippen molar-refractivity contribution >= 4 is 22.2 Å². The zero-order valence-electron chi connectivity index (χ0n) is 9.25. The van der Waals surface area contributed by atoms with Crippen molar-refractivity contribution < 1.29 is 0 Å². The molecule has 4 aromatic rings. The summed E-state index contributed by atoms with van der Waals surface area (Å²) in [6.07, 6.45) is 3.46. The second-order valence-corrected chi connectivity index (χ2v) is 3.93. The molecule has 0 spiro atoms. The summed E-state index contributed by atoms with van der Waals surface area (Å²) in [4.78, 5) is 16.1. The van der Waals surface area contributed by atoms with Gasteiger partial charge in [0.2, 0.25) is 0 Å². The summed E-state index contributed by atoms with van der Waals surface area (Å²) in [6.45, 7) is 0. The van der Waals surface area contributed by atoms with E-state index in [1.807, 2.05) is 24.3 Å². The maximum atomic E-state index is 4.48. The van der Waals surface area contributed by atoms with Gasteiger partial charge in [-0.15, -0.1) is 0 Å². The average Bonchev–Trinajstić information content (AvgIpc) is 3.02. The van der Waals surface area contributed by atoms with Crippen molar-refractivity contribution in [3.8, 4) is 11.5 Å². The van der Waals surface area contributed by atoms with E-state index in [0.29, 0.717) is 5.82 Å². The van der Waals surface area contributed by atoms with Gasteiger partial charge in [-0.25, -0.2) is 15.0 Å². The molecule has 86 valence electrons. The third-order valence-electron chi connectivity index (χ3n) is 2.82. The van der Waals surface area contributed by atoms with Gasteiger partial charge in [0.15, 0.2) is 17.1 Å². The highest BCUT2D eigenvalue weighted by atomic mass is 15.2. The Bertz CT molecular complexity index is 811. The highest BCUT2D eigenvalue weighted by molar-refractivity contribution is 5.90. The molecule has 0 aliphatic rings. The zero-order valence-corrected chi connectivity index (χ0v) is 9.25. The summed E-state index contributed by atoms with van der Waals surface area (Å²) in [5.41, 5.74) is 3.09. The van der Waals surface area contributed by atoms with Crippen molar-refractivity contribution in [2.75, 3.05) is 0 Å². The minimum absolute atomic E-state index is 0.697. The van der Waals surface area contributed by atoms with Crippen LogP contribution >= 0.6 is 0 Å². The molecule has 0 saturated carbocycles. The third kappa shape index (κ3) is 1.22. The summed E-state index contributed by atoms with van der Waals surface area (Å²) >= 11 is 0. The number of hydrogen-bond acceptors (Lipinski definition) is 4. The molecule has 4 heterocycles. The molecular weight excluding hydrogens is 228 g/mol. The maximum absolute atomic E-state index is 4.48. The largest absolute Gasteiger partial charge is 0.321 e. The molecule has 0 atom stereocenters. The van der Waals surface area contributed by atoms with Crippen LogP contribution in [0.1, 0.15) is 0 Å². The van der Waals surface area contributed by atoms with Crippen LogP contribution in [-0.2, 0) is 0 Å². The molecule has 0 bridgehead atoms. The summed E-state index contributed by atoms with van der Waals surface area (Å²) in [6, 6.07) is 7.61. The molecule has 18 heavy (non-hydrogen) atoms. The van der Waals surface area contributed by atoms with Gasteiger partial charge >= 0.3 is 0 Å². The molecule has 0 aliphatic carbocycles. The molecule has 6 heteroatoms. The topological polar surface area (TPSA) is 83.1 Å². The van der Waals surface area contributed by atoms with E-state index in [4.69, 9.17) is 0 Å². The number of H-pyrrole nitrogens is 2. The van der Waals surface area contributed by atoms with Crippen molar-refractivity contribution in [1.82, 2.24) is 30.1 Å². The molecular formula is C12H8N6. The van der Waals surface area contributed by atoms with Crippen LogP contribution in [0, 0.1) is 0 Å². The highest BCUT2D eigenvalue weighted by Gasteiger charge is 2.12. The monoisotopic (exact) mass is 236 g/mol. The molecule has 0 aromatic carbocycles. The molecule has 4 rings (SSSR count). The van der Waals surface area contributed by atoms with Crippen molar-refractivity contribution in [2.45, 2.75) is 0 Å². The van der Waals surface area contributed by atoms with Gasteiger partial charge in [-0.2, -0.15) is 5.10 Å². The number of hydrogen-bond donors (Lipinski definition) is 2. The number of pyridine rings is 2. The smallest absolute Gasteiger partial charge is 0.161 e. The second kappa shape index (κ2) is 3.36. The quantitative estimate of drug-likeness (QED) is 0.528. The van der Waals surface area contributed by atoms with Crippen molar-refractivity contribution in [2.24, 2.45) is 0 Å². The predicted molar refractivity (Wildman–Crippen MR) is 66.8 cm³/mol. The summed E-state index contributed by atoms with van der Waals surface area (Å²) < 4.78 is 0. The van der Waals surface area contributed by atoms with Gasteiger partial charge in [-0.3, -0.25) is 5.10 Å². The number of nitrogens with zero attached hydrogens (tertiary/aromatic N) is 4. The van der Waals surface area contributed by atoms with E-state index in [0.717, 1.165) is 27.9 Å². The van der Waals surface area contributed by atoms with Crippen LogP contribution in [-0.4, -0.2) is 30.1 Å². The number of nitrogens with one attached hydrogen (secondary N) is 2. The number of fused-ring (bicyclic) bond motifs is 2. The first-order chi connectivity index (χ1) is 8.92. The fourth-order valence-corrected chi connectivity index (χ4v) is 1.99. The van der Waals surface area contributed by atoms with Crippen molar-refractivity contribution in [1.29, 1.82) is 0 Å². The van der Waals surface area contributed by atoms with Crippen molar-refractivity contribution in [3.05, 3.63) is 36.7 Å². The number of imidazole rings is 1. The lowest BCUT2D eigenvalue weighted by atomic mass is 10.2. The summed E-state index contributed by atoms with van der Waals surface area (Å²) in [5, 5.41) is 8.08.